The van der Waals surface area contributed by atoms with Crippen LogP contribution in [-0.2, 0) is 9.84 Å². The molecule has 0 atom stereocenters. The summed E-state index contributed by atoms with van der Waals surface area (Å²) >= 11 is 3.27. The zero-order valence-electron chi connectivity index (χ0n) is 11.3. The van der Waals surface area contributed by atoms with E-state index in [1.807, 2.05) is 0 Å². The maximum absolute atomic E-state index is 12.1. The van der Waals surface area contributed by atoms with E-state index in [1.54, 1.807) is 48.5 Å². The largest absolute Gasteiger partial charge is 0.494 e. The van der Waals surface area contributed by atoms with Crippen molar-refractivity contribution in [2.24, 2.45) is 0 Å². The first kappa shape index (κ1) is 15.9. The van der Waals surface area contributed by atoms with Crippen LogP contribution in [0.25, 0.3) is 0 Å². The van der Waals surface area contributed by atoms with Gasteiger partial charge in [-0.3, -0.25) is 0 Å². The topological polar surface area (TPSA) is 69.4 Å². The fourth-order valence-electron chi connectivity index (χ4n) is 1.78. The van der Waals surface area contributed by atoms with Gasteiger partial charge in [0.25, 0.3) is 0 Å². The molecule has 0 saturated heterocycles. The highest BCUT2D eigenvalue weighted by molar-refractivity contribution is 9.10. The number of sulfone groups is 1. The highest BCUT2D eigenvalue weighted by Gasteiger charge is 2.14. The highest BCUT2D eigenvalue weighted by atomic mass is 79.9. The molecule has 4 nitrogen and oxygen atoms in total. The van der Waals surface area contributed by atoms with Gasteiger partial charge in [0.2, 0.25) is 0 Å². The van der Waals surface area contributed by atoms with Gasteiger partial charge in [0.05, 0.1) is 17.3 Å². The third-order valence-corrected chi connectivity index (χ3v) is 5.15. The Morgan fingerprint density at radius 3 is 2.48 bits per heavy atom. The van der Waals surface area contributed by atoms with Crippen molar-refractivity contribution in [3.05, 3.63) is 53.0 Å². The molecule has 2 aromatic carbocycles. The SMILES string of the molecule is Nc1ccc(OCCCS(=O)(=O)c2cccc(Br)c2)cc1. The monoisotopic (exact) mass is 369 g/mol. The van der Waals surface area contributed by atoms with Crippen molar-refractivity contribution in [1.82, 2.24) is 0 Å². The van der Waals surface area contributed by atoms with Crippen molar-refractivity contribution in [2.45, 2.75) is 11.3 Å². The summed E-state index contributed by atoms with van der Waals surface area (Å²) < 4.78 is 30.5. The number of benzene rings is 2. The van der Waals surface area contributed by atoms with E-state index >= 15 is 0 Å². The second kappa shape index (κ2) is 6.95. The molecule has 0 aliphatic heterocycles. The fourth-order valence-corrected chi connectivity index (χ4v) is 3.66. The Balaban J connectivity index is 1.86. The highest BCUT2D eigenvalue weighted by Crippen LogP contribution is 2.18. The molecule has 0 aromatic heterocycles. The van der Waals surface area contributed by atoms with E-state index in [4.69, 9.17) is 10.5 Å². The first-order valence-corrected chi connectivity index (χ1v) is 8.88. The summed E-state index contributed by atoms with van der Waals surface area (Å²) in [5.74, 6) is 0.738. The minimum absolute atomic E-state index is 0.0540. The predicted molar refractivity (Wildman–Crippen MR) is 87.2 cm³/mol. The van der Waals surface area contributed by atoms with E-state index in [9.17, 15) is 8.42 Å². The van der Waals surface area contributed by atoms with Gasteiger partial charge < -0.3 is 10.5 Å². The van der Waals surface area contributed by atoms with E-state index < -0.39 is 9.84 Å². The maximum Gasteiger partial charge on any atom is 0.178 e. The lowest BCUT2D eigenvalue weighted by molar-refractivity contribution is 0.317. The van der Waals surface area contributed by atoms with Crippen LogP contribution in [0.5, 0.6) is 5.75 Å². The van der Waals surface area contributed by atoms with Crippen LogP contribution in [0, 0.1) is 0 Å². The second-order valence-corrected chi connectivity index (χ2v) is 7.57. The van der Waals surface area contributed by atoms with E-state index in [0.29, 0.717) is 29.4 Å². The molecular weight excluding hydrogens is 354 g/mol. The molecule has 2 N–H and O–H groups in total. The first-order valence-electron chi connectivity index (χ1n) is 6.44. The van der Waals surface area contributed by atoms with Gasteiger partial charge in [0, 0.05) is 10.2 Å². The van der Waals surface area contributed by atoms with E-state index in [-0.39, 0.29) is 5.75 Å². The van der Waals surface area contributed by atoms with Gasteiger partial charge in [-0.05, 0) is 48.9 Å². The molecule has 2 aromatic rings. The molecule has 0 unspecified atom stereocenters. The van der Waals surface area contributed by atoms with Crippen molar-refractivity contribution in [3.8, 4) is 5.75 Å². The van der Waals surface area contributed by atoms with Crippen molar-refractivity contribution < 1.29 is 13.2 Å². The summed E-state index contributed by atoms with van der Waals surface area (Å²) in [6, 6.07) is 13.7. The smallest absolute Gasteiger partial charge is 0.178 e. The number of halogens is 1. The maximum atomic E-state index is 12.1. The molecule has 6 heteroatoms. The summed E-state index contributed by atoms with van der Waals surface area (Å²) in [6.45, 7) is 0.344. The van der Waals surface area contributed by atoms with Crippen LogP contribution in [0.3, 0.4) is 0 Å². The third-order valence-electron chi connectivity index (χ3n) is 2.86. The average molecular weight is 370 g/mol. The molecule has 0 amide bonds. The molecule has 0 heterocycles. The van der Waals surface area contributed by atoms with E-state index in [2.05, 4.69) is 15.9 Å². The van der Waals surface area contributed by atoms with Gasteiger partial charge in [-0.15, -0.1) is 0 Å². The predicted octanol–water partition coefficient (Wildman–Crippen LogP) is 3.27. The summed E-state index contributed by atoms with van der Waals surface area (Å²) in [4.78, 5) is 0.323. The number of hydrogen-bond acceptors (Lipinski definition) is 4. The van der Waals surface area contributed by atoms with Gasteiger partial charge in [-0.25, -0.2) is 8.42 Å². The number of ether oxygens (including phenoxy) is 1. The lowest BCUT2D eigenvalue weighted by atomic mass is 10.3. The van der Waals surface area contributed by atoms with Crippen molar-refractivity contribution in [1.29, 1.82) is 0 Å². The third kappa shape index (κ3) is 4.75. The number of anilines is 1. The molecule has 0 spiro atoms. The number of nitrogens with two attached hydrogens (primary N) is 1. The van der Waals surface area contributed by atoms with E-state index in [0.717, 1.165) is 4.47 Å². The normalized spacial score (nSPS) is 11.3. The van der Waals surface area contributed by atoms with Gasteiger partial charge >= 0.3 is 0 Å². The molecule has 0 fully saturated rings. The second-order valence-electron chi connectivity index (χ2n) is 4.55. The van der Waals surface area contributed by atoms with Crippen molar-refractivity contribution >= 4 is 31.5 Å². The minimum atomic E-state index is -3.27. The Morgan fingerprint density at radius 1 is 1.10 bits per heavy atom. The molecule has 0 aliphatic carbocycles. The van der Waals surface area contributed by atoms with Gasteiger partial charge in [-0.2, -0.15) is 0 Å². The fraction of sp³-hybridized carbons (Fsp3) is 0.200. The summed E-state index contributed by atoms with van der Waals surface area (Å²) in [5, 5.41) is 0. The van der Waals surface area contributed by atoms with Crippen LogP contribution >= 0.6 is 15.9 Å². The molecule has 0 bridgehead atoms. The van der Waals surface area contributed by atoms with Gasteiger partial charge in [0.15, 0.2) is 9.84 Å². The van der Waals surface area contributed by atoms with E-state index in [1.165, 1.54) is 0 Å². The molecule has 2 rings (SSSR count). The summed E-state index contributed by atoms with van der Waals surface area (Å²) in [5.41, 5.74) is 6.24. The average Bonchev–Trinajstić information content (AvgIpc) is 2.45. The number of nitrogen functional groups attached to an aromatic ring is 1. The van der Waals surface area contributed by atoms with Crippen LogP contribution in [0.4, 0.5) is 5.69 Å². The Bertz CT molecular complexity index is 699. The van der Waals surface area contributed by atoms with Gasteiger partial charge in [0.1, 0.15) is 5.75 Å². The summed E-state index contributed by atoms with van der Waals surface area (Å²) in [6.07, 6.45) is 0.430. The Labute approximate surface area is 133 Å². The Morgan fingerprint density at radius 2 is 1.81 bits per heavy atom. The lowest BCUT2D eigenvalue weighted by Gasteiger charge is -2.07. The first-order chi connectivity index (χ1) is 9.97. The van der Waals surface area contributed by atoms with Crippen LogP contribution in [0.1, 0.15) is 6.42 Å². The molecular formula is C15H16BrNO3S. The van der Waals surface area contributed by atoms with Crippen molar-refractivity contribution in [3.63, 3.8) is 0 Å². The zero-order valence-corrected chi connectivity index (χ0v) is 13.7. The number of rotatable bonds is 6. The summed E-state index contributed by atoms with van der Waals surface area (Å²) in [7, 11) is -3.27. The van der Waals surface area contributed by atoms with Crippen LogP contribution in [0.2, 0.25) is 0 Å². The van der Waals surface area contributed by atoms with Crippen LogP contribution in [-0.4, -0.2) is 20.8 Å². The zero-order chi connectivity index (χ0) is 15.3. The van der Waals surface area contributed by atoms with Crippen LogP contribution < -0.4 is 10.5 Å². The minimum Gasteiger partial charge on any atom is -0.494 e. The Hall–Kier alpha value is -1.53. The molecule has 0 aliphatic rings. The molecule has 0 saturated carbocycles. The standard InChI is InChI=1S/C15H16BrNO3S/c16-12-3-1-4-15(11-12)21(18,19)10-2-9-20-14-7-5-13(17)6-8-14/h1,3-8,11H,2,9-10,17H2. The molecule has 21 heavy (non-hydrogen) atoms. The quantitative estimate of drug-likeness (QED) is 0.626. The number of hydrogen-bond donors (Lipinski definition) is 1. The Kier molecular flexibility index (Phi) is 5.25. The lowest BCUT2D eigenvalue weighted by Crippen LogP contribution is -2.10. The van der Waals surface area contributed by atoms with Crippen molar-refractivity contribution in [2.75, 3.05) is 18.1 Å². The molecule has 112 valence electrons. The van der Waals surface area contributed by atoms with Gasteiger partial charge in [-0.1, -0.05) is 22.0 Å². The van der Waals surface area contributed by atoms with Crippen LogP contribution in [0.15, 0.2) is 57.9 Å². The molecule has 0 radical (unpaired) electrons.